The molecular formula is C35H37N5O8. The van der Waals surface area contributed by atoms with E-state index in [1.807, 2.05) is 56.3 Å². The first-order valence-electron chi connectivity index (χ1n) is 16.0. The van der Waals surface area contributed by atoms with Crippen LogP contribution in [0.15, 0.2) is 57.6 Å². The lowest BCUT2D eigenvalue weighted by atomic mass is 9.72. The van der Waals surface area contributed by atoms with Crippen molar-refractivity contribution >= 4 is 23.5 Å². The number of benzene rings is 2. The van der Waals surface area contributed by atoms with Crippen LogP contribution in [0.3, 0.4) is 0 Å². The number of esters is 1. The van der Waals surface area contributed by atoms with Crippen LogP contribution in [0.5, 0.6) is 5.75 Å². The molecule has 0 fully saturated rings. The maximum Gasteiger partial charge on any atom is 0.303 e. The van der Waals surface area contributed by atoms with Crippen molar-refractivity contribution in [3.05, 3.63) is 82.8 Å². The molecule has 5 atom stereocenters. The van der Waals surface area contributed by atoms with E-state index in [0.717, 1.165) is 22.4 Å². The predicted octanol–water partition coefficient (Wildman–Crippen LogP) is 3.74. The molecule has 7 rings (SSSR count). The van der Waals surface area contributed by atoms with Crippen LogP contribution in [0.2, 0.25) is 0 Å². The van der Waals surface area contributed by atoms with E-state index in [4.69, 9.17) is 23.3 Å². The molecule has 0 aliphatic carbocycles. The Kier molecular flexibility index (Phi) is 7.74. The van der Waals surface area contributed by atoms with E-state index in [1.165, 1.54) is 13.2 Å². The number of aromatic nitrogens is 2. The molecule has 250 valence electrons. The van der Waals surface area contributed by atoms with Crippen molar-refractivity contribution < 1.29 is 37.8 Å². The van der Waals surface area contributed by atoms with Gasteiger partial charge in [-0.2, -0.15) is 0 Å². The number of hydrogen-bond donors (Lipinski definition) is 4. The van der Waals surface area contributed by atoms with Crippen LogP contribution in [0.1, 0.15) is 74.7 Å². The molecule has 0 saturated heterocycles. The number of anilines is 1. The fourth-order valence-electron chi connectivity index (χ4n) is 6.67. The van der Waals surface area contributed by atoms with Gasteiger partial charge in [0.1, 0.15) is 47.9 Å². The first-order valence-corrected chi connectivity index (χ1v) is 16.0. The van der Waals surface area contributed by atoms with E-state index < -0.39 is 47.6 Å². The van der Waals surface area contributed by atoms with Gasteiger partial charge in [0.25, 0.3) is 0 Å². The molecule has 0 radical (unpaired) electrons. The number of aliphatic hydroxyl groups excluding tert-OH is 1. The highest BCUT2D eigenvalue weighted by molar-refractivity contribution is 5.90. The average Bonchev–Trinajstić information content (AvgIpc) is 3.82. The third kappa shape index (κ3) is 5.09. The standard InChI is InChI=1S/C35H37N5O8/c1-16(2)26-33-40-27(32-36-20(15-46-32)14-45-18(5)41)29(48-33)35-21-8-6-7-9-23(21)38-34(35)47-25-11-10-19(12-22(25)35)13-24(30(43)39-26)37-31(44)28(42)17(3)4/h6-12,15-17,24,26,28,34,38,42H,13-14H2,1-5H3,(H,37,44)(H,39,43). The molecule has 4 N–H and O–H groups in total. The molecule has 5 unspecified atom stereocenters. The quantitative estimate of drug-likeness (QED) is 0.213. The van der Waals surface area contributed by atoms with E-state index in [1.54, 1.807) is 13.8 Å². The zero-order chi connectivity index (χ0) is 33.9. The number of nitrogens with one attached hydrogen (secondary N) is 3. The Morgan fingerprint density at radius 1 is 1.10 bits per heavy atom. The number of oxazole rings is 2. The molecule has 13 heteroatoms. The predicted molar refractivity (Wildman–Crippen MR) is 170 cm³/mol. The molecule has 4 bridgehead atoms. The smallest absolute Gasteiger partial charge is 0.303 e. The van der Waals surface area contributed by atoms with Crippen LogP contribution in [-0.2, 0) is 37.6 Å². The molecule has 3 aliphatic rings. The van der Waals surface area contributed by atoms with Crippen molar-refractivity contribution in [2.75, 3.05) is 5.32 Å². The summed E-state index contributed by atoms with van der Waals surface area (Å²) in [6, 6.07) is 11.8. The number of fused-ring (bicyclic) bond motifs is 4. The number of hydrogen-bond acceptors (Lipinski definition) is 11. The third-order valence-corrected chi connectivity index (χ3v) is 9.13. The Hall–Kier alpha value is -5.17. The Balaban J connectivity index is 1.45. The lowest BCUT2D eigenvalue weighted by Gasteiger charge is -2.29. The van der Waals surface area contributed by atoms with E-state index in [0.29, 0.717) is 22.9 Å². The Bertz CT molecular complexity index is 1910. The van der Waals surface area contributed by atoms with E-state index in [9.17, 15) is 19.5 Å². The Morgan fingerprint density at radius 3 is 2.65 bits per heavy atom. The van der Waals surface area contributed by atoms with Crippen LogP contribution in [0.25, 0.3) is 11.6 Å². The van der Waals surface area contributed by atoms with E-state index in [2.05, 4.69) is 20.9 Å². The summed E-state index contributed by atoms with van der Waals surface area (Å²) in [5.74, 6) is -0.742. The first kappa shape index (κ1) is 31.4. The van der Waals surface area contributed by atoms with Gasteiger partial charge in [-0.15, -0.1) is 0 Å². The molecule has 48 heavy (non-hydrogen) atoms. The SMILES string of the molecule is CC(=O)OCc1coc(-c2nc3oc2C24c5ccccc5NC2Oc2ccc(cc24)CC(NC(=O)C(O)C(C)C)C(=O)NC3C(C)C)n1. The Morgan fingerprint density at radius 2 is 1.90 bits per heavy atom. The van der Waals surface area contributed by atoms with Gasteiger partial charge in [0.15, 0.2) is 17.7 Å². The van der Waals surface area contributed by atoms with Crippen LogP contribution in [0.4, 0.5) is 5.69 Å². The van der Waals surface area contributed by atoms with Crippen molar-refractivity contribution in [3.8, 4) is 17.3 Å². The summed E-state index contributed by atoms with van der Waals surface area (Å²) in [5.41, 5.74) is 2.87. The highest BCUT2D eigenvalue weighted by Crippen LogP contribution is 2.59. The molecule has 4 aromatic rings. The second kappa shape index (κ2) is 11.8. The van der Waals surface area contributed by atoms with Gasteiger partial charge in [0.2, 0.25) is 23.6 Å². The number of para-hydroxylation sites is 1. The van der Waals surface area contributed by atoms with Gasteiger partial charge in [-0.05, 0) is 35.1 Å². The van der Waals surface area contributed by atoms with Crippen molar-refractivity contribution in [2.45, 2.75) is 77.5 Å². The summed E-state index contributed by atoms with van der Waals surface area (Å²) < 4.78 is 24.4. The lowest BCUT2D eigenvalue weighted by molar-refractivity contribution is -0.142. The molecule has 5 heterocycles. The van der Waals surface area contributed by atoms with Gasteiger partial charge >= 0.3 is 5.97 Å². The second-order valence-electron chi connectivity index (χ2n) is 13.2. The maximum atomic E-state index is 14.0. The molecule has 1 spiro atoms. The minimum atomic E-state index is -1.29. The van der Waals surface area contributed by atoms with Crippen molar-refractivity contribution in [3.63, 3.8) is 0 Å². The topological polar surface area (TPSA) is 178 Å². The number of aliphatic hydroxyl groups is 1. The zero-order valence-corrected chi connectivity index (χ0v) is 27.2. The van der Waals surface area contributed by atoms with Gasteiger partial charge in [0, 0.05) is 24.6 Å². The fourth-order valence-corrected chi connectivity index (χ4v) is 6.67. The number of ether oxygens (including phenoxy) is 2. The maximum absolute atomic E-state index is 14.0. The van der Waals surface area contributed by atoms with Crippen molar-refractivity contribution in [1.82, 2.24) is 20.6 Å². The van der Waals surface area contributed by atoms with Gasteiger partial charge in [-0.3, -0.25) is 14.4 Å². The highest BCUT2D eigenvalue weighted by atomic mass is 16.5. The molecule has 13 nitrogen and oxygen atoms in total. The van der Waals surface area contributed by atoms with Crippen LogP contribution in [-0.4, -0.2) is 51.2 Å². The monoisotopic (exact) mass is 655 g/mol. The number of nitrogens with zero attached hydrogens (tertiary/aromatic N) is 2. The van der Waals surface area contributed by atoms with Crippen LogP contribution < -0.4 is 20.7 Å². The van der Waals surface area contributed by atoms with E-state index >= 15 is 0 Å². The summed E-state index contributed by atoms with van der Waals surface area (Å²) in [7, 11) is 0. The Labute approximate surface area is 276 Å². The summed E-state index contributed by atoms with van der Waals surface area (Å²) in [6.07, 6.45) is -0.378. The molecule has 2 aromatic carbocycles. The van der Waals surface area contributed by atoms with Gasteiger partial charge < -0.3 is 39.4 Å². The normalized spacial score (nSPS) is 22.8. The number of carbonyl (C=O) groups is 3. The fraction of sp³-hybridized carbons (Fsp3) is 0.400. The first-order chi connectivity index (χ1) is 23.0. The lowest BCUT2D eigenvalue weighted by Crippen LogP contribution is -2.52. The molecule has 2 aromatic heterocycles. The minimum Gasteiger partial charge on any atom is -0.469 e. The summed E-state index contributed by atoms with van der Waals surface area (Å²) in [5, 5.41) is 19.9. The number of carbonyl (C=O) groups excluding carboxylic acids is 3. The summed E-state index contributed by atoms with van der Waals surface area (Å²) in [6.45, 7) is 8.53. The van der Waals surface area contributed by atoms with Gasteiger partial charge in [-0.25, -0.2) is 9.97 Å². The van der Waals surface area contributed by atoms with Crippen molar-refractivity contribution in [1.29, 1.82) is 0 Å². The summed E-state index contributed by atoms with van der Waals surface area (Å²) >= 11 is 0. The van der Waals surface area contributed by atoms with Gasteiger partial charge in [-0.1, -0.05) is 58.0 Å². The van der Waals surface area contributed by atoms with Crippen LogP contribution in [0, 0.1) is 11.8 Å². The second-order valence-corrected chi connectivity index (χ2v) is 13.2. The molecular weight excluding hydrogens is 618 g/mol. The van der Waals surface area contributed by atoms with Gasteiger partial charge in [0.05, 0.1) is 0 Å². The third-order valence-electron chi connectivity index (χ3n) is 9.13. The minimum absolute atomic E-state index is 0.0877. The summed E-state index contributed by atoms with van der Waals surface area (Å²) in [4.78, 5) is 48.1. The molecule has 0 saturated carbocycles. The van der Waals surface area contributed by atoms with Crippen molar-refractivity contribution in [2.24, 2.45) is 11.8 Å². The largest absolute Gasteiger partial charge is 0.469 e. The highest BCUT2D eigenvalue weighted by Gasteiger charge is 2.61. The van der Waals surface area contributed by atoms with E-state index in [-0.39, 0.29) is 36.6 Å². The number of rotatable bonds is 7. The molecule has 3 aliphatic heterocycles. The average molecular weight is 656 g/mol. The van der Waals surface area contributed by atoms with Crippen LogP contribution >= 0.6 is 0 Å². The zero-order valence-electron chi connectivity index (χ0n) is 27.2. The number of amides is 2. The molecule has 2 amide bonds.